The smallest absolute Gasteiger partial charge is 0.332 e. The molecule has 0 aromatic heterocycles. The number of amides is 3. The Morgan fingerprint density at radius 2 is 1.66 bits per heavy atom. The highest BCUT2D eigenvalue weighted by Crippen LogP contribution is 2.36. The summed E-state index contributed by atoms with van der Waals surface area (Å²) in [6.45, 7) is 8.50. The van der Waals surface area contributed by atoms with Crippen LogP contribution in [0.2, 0.25) is 0 Å². The molecule has 2 fully saturated rings. The lowest BCUT2D eigenvalue weighted by molar-refractivity contribution is -0.162. The minimum atomic E-state index is -1.04. The van der Waals surface area contributed by atoms with Crippen LogP contribution in [0.5, 0.6) is 5.75 Å². The Bertz CT molecular complexity index is 1610. The lowest BCUT2D eigenvalue weighted by Gasteiger charge is -2.34. The highest BCUT2D eigenvalue weighted by Gasteiger charge is 2.45. The van der Waals surface area contributed by atoms with Gasteiger partial charge in [-0.2, -0.15) is 0 Å². The van der Waals surface area contributed by atoms with E-state index in [1.54, 1.807) is 32.9 Å². The van der Waals surface area contributed by atoms with Gasteiger partial charge in [0.05, 0.1) is 12.1 Å². The Hall–Kier alpha value is -4.46. The van der Waals surface area contributed by atoms with Crippen LogP contribution in [0.25, 0.3) is 0 Å². The van der Waals surface area contributed by atoms with E-state index in [1.165, 1.54) is 17.0 Å². The SMILES string of the molecule is CCCCC(NC(=O)CCC(=O)C(=O)C(CCC)CC(=O)[C@@H]1C[C@@H](OCC(=O)OC(C)(C)C)CN1C(=O)C(CC(=O)Cc1cccc(O)c1)C1CCCCC1)C(N)=O. The molecule has 3 amide bonds. The van der Waals surface area contributed by atoms with Crippen molar-refractivity contribution in [2.75, 3.05) is 13.2 Å². The van der Waals surface area contributed by atoms with Crippen molar-refractivity contribution < 1.29 is 52.9 Å². The van der Waals surface area contributed by atoms with Crippen molar-refractivity contribution in [3.63, 3.8) is 0 Å². The van der Waals surface area contributed by atoms with Gasteiger partial charge in [-0.3, -0.25) is 33.6 Å². The van der Waals surface area contributed by atoms with Gasteiger partial charge in [-0.25, -0.2) is 4.79 Å². The predicted octanol–water partition coefficient (Wildman–Crippen LogP) is 4.87. The molecular weight excluding hydrogens is 746 g/mol. The van der Waals surface area contributed by atoms with Crippen LogP contribution in [0.3, 0.4) is 0 Å². The van der Waals surface area contributed by atoms with Crippen LogP contribution in [-0.2, 0) is 54.3 Å². The Morgan fingerprint density at radius 3 is 2.28 bits per heavy atom. The van der Waals surface area contributed by atoms with Gasteiger partial charge in [-0.15, -0.1) is 0 Å². The lowest BCUT2D eigenvalue weighted by atomic mass is 9.76. The van der Waals surface area contributed by atoms with Crippen molar-refractivity contribution in [1.82, 2.24) is 10.2 Å². The van der Waals surface area contributed by atoms with Gasteiger partial charge in [0.2, 0.25) is 23.5 Å². The number of nitrogens with one attached hydrogen (secondary N) is 1. The fourth-order valence-corrected chi connectivity index (χ4v) is 8.03. The molecule has 1 aromatic rings. The summed E-state index contributed by atoms with van der Waals surface area (Å²) in [5.74, 6) is -6.25. The number of carbonyl (C=O) groups excluding carboxylic acids is 8. The Morgan fingerprint density at radius 1 is 0.948 bits per heavy atom. The number of nitrogens with zero attached hydrogens (tertiary/aromatic N) is 1. The standard InChI is InChI=1S/C44H65N3O11/c1-6-8-18-35(42(45)55)46-39(52)20-19-37(50)41(54)30(13-7-2)23-38(51)36-25-33(57-27-40(53)58-44(3,4)5)26-47(36)43(56)34(29-15-10-9-11-16-29)24-32(49)22-28-14-12-17-31(48)21-28/h12,14,17,21,29-30,33-36,48H,6-11,13,15-16,18-20,22-27H2,1-5H3,(H2,45,55)(H,46,52)/t30?,33-,34?,35?,36+/m1/s1. The molecule has 3 rings (SSSR count). The van der Waals surface area contributed by atoms with Gasteiger partial charge in [0, 0.05) is 56.9 Å². The van der Waals surface area contributed by atoms with Gasteiger partial charge >= 0.3 is 5.97 Å². The number of phenolic OH excluding ortho intramolecular Hbond substituents is 1. The monoisotopic (exact) mass is 811 g/mol. The Balaban J connectivity index is 1.82. The molecule has 1 heterocycles. The highest BCUT2D eigenvalue weighted by molar-refractivity contribution is 6.38. The second-order valence-corrected chi connectivity index (χ2v) is 17.0. The number of aromatic hydroxyl groups is 1. The first-order chi connectivity index (χ1) is 27.4. The van der Waals surface area contributed by atoms with Crippen molar-refractivity contribution >= 4 is 46.8 Å². The largest absolute Gasteiger partial charge is 0.508 e. The number of benzene rings is 1. The molecule has 1 saturated carbocycles. The molecule has 1 aliphatic carbocycles. The average Bonchev–Trinajstić information content (AvgIpc) is 3.60. The van der Waals surface area contributed by atoms with Crippen molar-refractivity contribution in [1.29, 1.82) is 0 Å². The second-order valence-electron chi connectivity index (χ2n) is 17.0. The summed E-state index contributed by atoms with van der Waals surface area (Å²) in [4.78, 5) is 108. The number of ketones is 4. The minimum Gasteiger partial charge on any atom is -0.508 e. The third kappa shape index (κ3) is 15.7. The molecule has 0 bridgehead atoms. The van der Waals surface area contributed by atoms with Crippen LogP contribution in [-0.4, -0.2) is 93.8 Å². The number of likely N-dealkylation sites (tertiary alicyclic amines) is 1. The van der Waals surface area contributed by atoms with Crippen molar-refractivity contribution in [2.24, 2.45) is 23.5 Å². The van der Waals surface area contributed by atoms with Crippen LogP contribution >= 0.6 is 0 Å². The molecule has 5 atom stereocenters. The molecular formula is C44H65N3O11. The van der Waals surface area contributed by atoms with Gasteiger partial charge in [-0.1, -0.05) is 64.5 Å². The van der Waals surface area contributed by atoms with Crippen LogP contribution in [0.4, 0.5) is 0 Å². The van der Waals surface area contributed by atoms with E-state index >= 15 is 0 Å². The van der Waals surface area contributed by atoms with Crippen LogP contribution in [0.15, 0.2) is 24.3 Å². The first-order valence-electron chi connectivity index (χ1n) is 21.0. The summed E-state index contributed by atoms with van der Waals surface area (Å²) in [7, 11) is 0. The van der Waals surface area contributed by atoms with E-state index in [9.17, 15) is 43.5 Å². The molecule has 58 heavy (non-hydrogen) atoms. The summed E-state index contributed by atoms with van der Waals surface area (Å²) in [6, 6.07) is 4.49. The normalized spacial score (nSPS) is 18.8. The van der Waals surface area contributed by atoms with Crippen LogP contribution in [0.1, 0.15) is 136 Å². The lowest BCUT2D eigenvalue weighted by Crippen LogP contribution is -2.47. The van der Waals surface area contributed by atoms with E-state index in [-0.39, 0.29) is 68.4 Å². The molecule has 0 radical (unpaired) electrons. The fraction of sp³-hybridized carbons (Fsp3) is 0.682. The minimum absolute atomic E-state index is 0.0208. The molecule has 1 aliphatic heterocycles. The van der Waals surface area contributed by atoms with Crippen molar-refractivity contribution in [3.05, 3.63) is 29.8 Å². The van der Waals surface area contributed by atoms with Crippen molar-refractivity contribution in [2.45, 2.75) is 161 Å². The van der Waals surface area contributed by atoms with E-state index in [0.717, 1.165) is 38.5 Å². The average molecular weight is 812 g/mol. The number of nitrogens with two attached hydrogens (primary N) is 1. The number of esters is 1. The first-order valence-corrected chi connectivity index (χ1v) is 21.0. The van der Waals surface area contributed by atoms with Gasteiger partial charge in [0.15, 0.2) is 11.6 Å². The molecule has 322 valence electrons. The maximum Gasteiger partial charge on any atom is 0.332 e. The van der Waals surface area contributed by atoms with E-state index < -0.39 is 83.8 Å². The van der Waals surface area contributed by atoms with Gasteiger partial charge in [0.25, 0.3) is 0 Å². The number of Topliss-reactive ketones (excluding diaryl/α,β-unsaturated/α-hetero) is 4. The first kappa shape index (κ1) is 47.9. The van der Waals surface area contributed by atoms with Crippen LogP contribution < -0.4 is 11.1 Å². The number of primary amides is 1. The number of carbonyl (C=O) groups is 8. The third-order valence-corrected chi connectivity index (χ3v) is 10.9. The zero-order valence-electron chi connectivity index (χ0n) is 35.1. The van der Waals surface area contributed by atoms with E-state index in [0.29, 0.717) is 24.8 Å². The number of rotatable bonds is 24. The summed E-state index contributed by atoms with van der Waals surface area (Å²) in [5.41, 5.74) is 5.28. The third-order valence-electron chi connectivity index (χ3n) is 10.9. The Kier molecular flexibility index (Phi) is 19.2. The molecule has 2 aliphatic rings. The summed E-state index contributed by atoms with van der Waals surface area (Å²) in [6.07, 6.45) is 5.05. The molecule has 0 spiro atoms. The van der Waals surface area contributed by atoms with Gasteiger partial charge in [0.1, 0.15) is 29.8 Å². The highest BCUT2D eigenvalue weighted by atomic mass is 16.6. The van der Waals surface area contributed by atoms with Crippen LogP contribution in [0, 0.1) is 17.8 Å². The molecule has 1 aromatic carbocycles. The topological polar surface area (TPSA) is 217 Å². The van der Waals surface area contributed by atoms with E-state index in [4.69, 9.17) is 15.2 Å². The molecule has 4 N–H and O–H groups in total. The molecule has 14 heteroatoms. The molecule has 14 nitrogen and oxygen atoms in total. The Labute approximate surface area is 342 Å². The number of phenols is 1. The number of ether oxygens (including phenoxy) is 2. The van der Waals surface area contributed by atoms with Gasteiger partial charge in [-0.05, 0) is 70.1 Å². The number of hydrogen-bond donors (Lipinski definition) is 3. The van der Waals surface area contributed by atoms with E-state index in [2.05, 4.69) is 5.32 Å². The predicted molar refractivity (Wildman–Crippen MR) is 215 cm³/mol. The summed E-state index contributed by atoms with van der Waals surface area (Å²) >= 11 is 0. The molecule has 3 unspecified atom stereocenters. The fourth-order valence-electron chi connectivity index (χ4n) is 8.03. The second kappa shape index (κ2) is 23.2. The molecule has 1 saturated heterocycles. The summed E-state index contributed by atoms with van der Waals surface area (Å²) in [5, 5.41) is 12.5. The zero-order valence-corrected chi connectivity index (χ0v) is 35.1. The zero-order chi connectivity index (χ0) is 43.0. The summed E-state index contributed by atoms with van der Waals surface area (Å²) < 4.78 is 11.3. The maximum absolute atomic E-state index is 14.7. The maximum atomic E-state index is 14.7. The quantitative estimate of drug-likeness (QED) is 0.0945. The van der Waals surface area contributed by atoms with E-state index in [1.807, 2.05) is 13.8 Å². The van der Waals surface area contributed by atoms with Crippen molar-refractivity contribution in [3.8, 4) is 5.75 Å². The number of hydrogen-bond acceptors (Lipinski definition) is 11. The van der Waals surface area contributed by atoms with Gasteiger partial charge < -0.3 is 30.5 Å². The number of unbranched alkanes of at least 4 members (excludes halogenated alkanes) is 1.